The molecule has 1 aromatic heterocycles. The lowest BCUT2D eigenvalue weighted by Crippen LogP contribution is -2.24. The Morgan fingerprint density at radius 1 is 1.40 bits per heavy atom. The first-order valence-electron chi connectivity index (χ1n) is 6.08. The number of hydrogen-bond acceptors (Lipinski definition) is 2. The van der Waals surface area contributed by atoms with E-state index in [1.165, 1.54) is 0 Å². The average Bonchev–Trinajstić information content (AvgIpc) is 2.72. The third-order valence-electron chi connectivity index (χ3n) is 2.94. The molecule has 1 heterocycles. The summed E-state index contributed by atoms with van der Waals surface area (Å²) in [6.45, 7) is 3.89. The lowest BCUT2D eigenvalue weighted by atomic mass is 10.2. The van der Waals surface area contributed by atoms with E-state index in [0.717, 1.165) is 15.9 Å². The van der Waals surface area contributed by atoms with E-state index in [9.17, 15) is 4.79 Å². The summed E-state index contributed by atoms with van der Waals surface area (Å²) in [6, 6.07) is 7.74. The highest BCUT2D eigenvalue weighted by Crippen LogP contribution is 2.19. The molecule has 20 heavy (non-hydrogen) atoms. The van der Waals surface area contributed by atoms with E-state index in [1.807, 2.05) is 38.1 Å². The van der Waals surface area contributed by atoms with Crippen LogP contribution < -0.4 is 5.32 Å². The van der Waals surface area contributed by atoms with Crippen molar-refractivity contribution in [3.8, 4) is 18.0 Å². The van der Waals surface area contributed by atoms with E-state index in [4.69, 9.17) is 6.42 Å². The van der Waals surface area contributed by atoms with Crippen LogP contribution in [0.25, 0.3) is 5.69 Å². The molecule has 0 aliphatic rings. The van der Waals surface area contributed by atoms with Crippen molar-refractivity contribution < 1.29 is 4.79 Å². The van der Waals surface area contributed by atoms with Gasteiger partial charge in [0.1, 0.15) is 0 Å². The minimum atomic E-state index is -0.193. The molecule has 0 fully saturated rings. The van der Waals surface area contributed by atoms with Gasteiger partial charge in [-0.3, -0.25) is 4.79 Å². The summed E-state index contributed by atoms with van der Waals surface area (Å²) in [4.78, 5) is 12.1. The second kappa shape index (κ2) is 5.93. The molecule has 5 heteroatoms. The molecule has 2 rings (SSSR count). The van der Waals surface area contributed by atoms with Crippen molar-refractivity contribution in [2.75, 3.05) is 6.54 Å². The quantitative estimate of drug-likeness (QED) is 0.879. The molecular weight excluding hydrogens is 318 g/mol. The highest BCUT2D eigenvalue weighted by Gasteiger charge is 2.18. The predicted octanol–water partition coefficient (Wildman–Crippen LogP) is 2.61. The van der Waals surface area contributed by atoms with Crippen molar-refractivity contribution in [2.45, 2.75) is 13.8 Å². The van der Waals surface area contributed by atoms with Gasteiger partial charge >= 0.3 is 0 Å². The van der Waals surface area contributed by atoms with Gasteiger partial charge in [0.05, 0.1) is 29.2 Å². The van der Waals surface area contributed by atoms with Crippen LogP contribution in [0.4, 0.5) is 0 Å². The van der Waals surface area contributed by atoms with Crippen LogP contribution in [-0.4, -0.2) is 22.2 Å². The minimum absolute atomic E-state index is 0.193. The van der Waals surface area contributed by atoms with Gasteiger partial charge in [0.2, 0.25) is 0 Å². The summed E-state index contributed by atoms with van der Waals surface area (Å²) in [5.74, 6) is 2.19. The minimum Gasteiger partial charge on any atom is -0.341 e. The highest BCUT2D eigenvalue weighted by atomic mass is 79.9. The maximum atomic E-state index is 12.1. The van der Waals surface area contributed by atoms with Crippen molar-refractivity contribution >= 4 is 21.8 Å². The third kappa shape index (κ3) is 2.75. The van der Waals surface area contributed by atoms with Gasteiger partial charge in [-0.05, 0) is 38.1 Å². The fourth-order valence-electron chi connectivity index (χ4n) is 2.02. The summed E-state index contributed by atoms with van der Waals surface area (Å²) in [7, 11) is 0. The predicted molar refractivity (Wildman–Crippen MR) is 81.9 cm³/mol. The Morgan fingerprint density at radius 2 is 2.05 bits per heavy atom. The Morgan fingerprint density at radius 3 is 2.65 bits per heavy atom. The van der Waals surface area contributed by atoms with E-state index in [-0.39, 0.29) is 12.5 Å². The Bertz CT molecular complexity index is 680. The van der Waals surface area contributed by atoms with Crippen molar-refractivity contribution in [3.63, 3.8) is 0 Å². The maximum Gasteiger partial charge on any atom is 0.255 e. The van der Waals surface area contributed by atoms with E-state index >= 15 is 0 Å². The fourth-order valence-corrected chi connectivity index (χ4v) is 2.29. The molecule has 0 saturated heterocycles. The normalized spacial score (nSPS) is 10.1. The molecule has 0 spiro atoms. The zero-order valence-corrected chi connectivity index (χ0v) is 12.9. The smallest absolute Gasteiger partial charge is 0.255 e. The first-order valence-corrected chi connectivity index (χ1v) is 6.87. The molecular formula is C15H14BrN3O. The zero-order chi connectivity index (χ0) is 14.7. The van der Waals surface area contributed by atoms with E-state index in [0.29, 0.717) is 11.3 Å². The zero-order valence-electron chi connectivity index (χ0n) is 11.3. The van der Waals surface area contributed by atoms with Crippen molar-refractivity contribution in [3.05, 3.63) is 45.7 Å². The van der Waals surface area contributed by atoms with Gasteiger partial charge in [0.15, 0.2) is 0 Å². The highest BCUT2D eigenvalue weighted by molar-refractivity contribution is 9.10. The Kier molecular flexibility index (Phi) is 4.26. The summed E-state index contributed by atoms with van der Waals surface area (Å²) in [5.41, 5.74) is 2.95. The number of aromatic nitrogens is 2. The lowest BCUT2D eigenvalue weighted by Gasteiger charge is -2.05. The summed E-state index contributed by atoms with van der Waals surface area (Å²) >= 11 is 3.40. The standard InChI is InChI=1S/C15H14BrN3O/c1-4-9-17-15(20)14-10(2)18-19(11(14)3)13-7-5-12(16)6-8-13/h1,5-8H,9H2,2-3H3,(H,17,20). The molecule has 0 saturated carbocycles. The van der Waals surface area contributed by atoms with Crippen LogP contribution in [0, 0.1) is 26.2 Å². The molecule has 4 nitrogen and oxygen atoms in total. The molecule has 0 bridgehead atoms. The first kappa shape index (κ1) is 14.4. The number of amides is 1. The molecule has 1 amide bonds. The Hall–Kier alpha value is -2.06. The van der Waals surface area contributed by atoms with Crippen LogP contribution in [0.1, 0.15) is 21.7 Å². The molecule has 0 atom stereocenters. The number of nitrogens with one attached hydrogen (secondary N) is 1. The molecule has 0 aliphatic heterocycles. The van der Waals surface area contributed by atoms with Crippen molar-refractivity contribution in [2.24, 2.45) is 0 Å². The number of hydrogen-bond donors (Lipinski definition) is 1. The third-order valence-corrected chi connectivity index (χ3v) is 3.47. The Labute approximate surface area is 126 Å². The van der Waals surface area contributed by atoms with Gasteiger partial charge < -0.3 is 5.32 Å². The SMILES string of the molecule is C#CCNC(=O)c1c(C)nn(-c2ccc(Br)cc2)c1C. The van der Waals surface area contributed by atoms with Gasteiger partial charge in [0.25, 0.3) is 5.91 Å². The van der Waals surface area contributed by atoms with Crippen molar-refractivity contribution in [1.82, 2.24) is 15.1 Å². The van der Waals surface area contributed by atoms with Gasteiger partial charge in [-0.1, -0.05) is 21.9 Å². The van der Waals surface area contributed by atoms with Gasteiger partial charge in [0, 0.05) is 4.47 Å². The number of nitrogens with zero attached hydrogens (tertiary/aromatic N) is 2. The van der Waals surface area contributed by atoms with E-state index in [2.05, 4.69) is 32.3 Å². The molecule has 1 aromatic carbocycles. The average molecular weight is 332 g/mol. The number of carbonyl (C=O) groups is 1. The van der Waals surface area contributed by atoms with Gasteiger partial charge in [-0.25, -0.2) is 4.68 Å². The molecule has 1 N–H and O–H groups in total. The topological polar surface area (TPSA) is 46.9 Å². The summed E-state index contributed by atoms with van der Waals surface area (Å²) in [6.07, 6.45) is 5.15. The molecule has 0 radical (unpaired) electrons. The lowest BCUT2D eigenvalue weighted by molar-refractivity contribution is 0.0957. The number of rotatable bonds is 3. The number of terminal acetylenes is 1. The van der Waals surface area contributed by atoms with Crippen LogP contribution in [0.15, 0.2) is 28.7 Å². The van der Waals surface area contributed by atoms with Crippen LogP contribution in [0.2, 0.25) is 0 Å². The largest absolute Gasteiger partial charge is 0.341 e. The number of benzene rings is 1. The second-order valence-corrected chi connectivity index (χ2v) is 5.24. The van der Waals surface area contributed by atoms with Crippen LogP contribution in [-0.2, 0) is 0 Å². The van der Waals surface area contributed by atoms with Gasteiger partial charge in [-0.15, -0.1) is 6.42 Å². The van der Waals surface area contributed by atoms with Crippen LogP contribution >= 0.6 is 15.9 Å². The van der Waals surface area contributed by atoms with E-state index in [1.54, 1.807) is 4.68 Å². The second-order valence-electron chi connectivity index (χ2n) is 4.32. The number of aryl methyl sites for hydroxylation is 1. The molecule has 0 unspecified atom stereocenters. The summed E-state index contributed by atoms with van der Waals surface area (Å²) < 4.78 is 2.75. The van der Waals surface area contributed by atoms with Gasteiger partial charge in [-0.2, -0.15) is 5.10 Å². The van der Waals surface area contributed by atoms with E-state index < -0.39 is 0 Å². The van der Waals surface area contributed by atoms with Crippen molar-refractivity contribution in [1.29, 1.82) is 0 Å². The fraction of sp³-hybridized carbons (Fsp3) is 0.200. The van der Waals surface area contributed by atoms with Crippen LogP contribution in [0.5, 0.6) is 0 Å². The maximum absolute atomic E-state index is 12.1. The molecule has 0 aliphatic carbocycles. The number of halogens is 1. The first-order chi connectivity index (χ1) is 9.54. The molecule has 102 valence electrons. The Balaban J connectivity index is 2.41. The summed E-state index contributed by atoms with van der Waals surface area (Å²) in [5, 5.41) is 7.10. The number of carbonyl (C=O) groups excluding carboxylic acids is 1. The monoisotopic (exact) mass is 331 g/mol. The van der Waals surface area contributed by atoms with Crippen LogP contribution in [0.3, 0.4) is 0 Å². The molecule has 2 aromatic rings.